The Kier molecular flexibility index (Phi) is 6.94. The minimum absolute atomic E-state index is 0.0209. The van der Waals surface area contributed by atoms with Gasteiger partial charge in [0.05, 0.1) is 18.2 Å². The Morgan fingerprint density at radius 1 is 1.10 bits per heavy atom. The maximum absolute atomic E-state index is 12.7. The molecule has 2 aromatic carbocycles. The van der Waals surface area contributed by atoms with E-state index in [0.717, 1.165) is 37.2 Å². The molecule has 154 valence electrons. The van der Waals surface area contributed by atoms with Crippen LogP contribution in [0.5, 0.6) is 11.5 Å². The van der Waals surface area contributed by atoms with Gasteiger partial charge in [-0.2, -0.15) is 0 Å². The Morgan fingerprint density at radius 3 is 2.41 bits per heavy atom. The van der Waals surface area contributed by atoms with Crippen LogP contribution in [0.15, 0.2) is 42.5 Å². The summed E-state index contributed by atoms with van der Waals surface area (Å²) in [5.74, 6) is 0.419. The lowest BCUT2D eigenvalue weighted by molar-refractivity contribution is 0.104. The van der Waals surface area contributed by atoms with Crippen LogP contribution in [0.1, 0.15) is 40.7 Å². The highest BCUT2D eigenvalue weighted by molar-refractivity contribution is 6.09. The van der Waals surface area contributed by atoms with Crippen LogP contribution >= 0.6 is 0 Å². The Morgan fingerprint density at radius 2 is 1.79 bits per heavy atom. The molecular formula is C24H30N2O3. The zero-order chi connectivity index (χ0) is 20.8. The molecule has 0 aliphatic carbocycles. The molecule has 1 saturated heterocycles. The molecule has 29 heavy (non-hydrogen) atoms. The van der Waals surface area contributed by atoms with Crippen molar-refractivity contribution in [1.29, 1.82) is 0 Å². The number of piperidine rings is 1. The van der Waals surface area contributed by atoms with Crippen LogP contribution in [-0.2, 0) is 6.54 Å². The van der Waals surface area contributed by atoms with E-state index in [1.807, 2.05) is 43.3 Å². The van der Waals surface area contributed by atoms with Gasteiger partial charge in [-0.05, 0) is 61.8 Å². The summed E-state index contributed by atoms with van der Waals surface area (Å²) in [5, 5.41) is 10.8. The van der Waals surface area contributed by atoms with Crippen molar-refractivity contribution in [1.82, 2.24) is 4.90 Å². The average Bonchev–Trinajstić information content (AvgIpc) is 2.74. The van der Waals surface area contributed by atoms with Gasteiger partial charge >= 0.3 is 0 Å². The minimum atomic E-state index is -0.221. The van der Waals surface area contributed by atoms with E-state index in [4.69, 9.17) is 4.74 Å². The molecule has 5 nitrogen and oxygen atoms in total. The third kappa shape index (κ3) is 5.18. The molecule has 1 N–H and O–H groups in total. The van der Waals surface area contributed by atoms with Gasteiger partial charge < -0.3 is 14.7 Å². The molecule has 1 fully saturated rings. The van der Waals surface area contributed by atoms with Gasteiger partial charge in [0.2, 0.25) is 0 Å². The molecule has 0 bridgehead atoms. The summed E-state index contributed by atoms with van der Waals surface area (Å²) < 4.78 is 5.44. The first-order valence-electron chi connectivity index (χ1n) is 10.1. The van der Waals surface area contributed by atoms with Crippen LogP contribution in [0.25, 0.3) is 6.08 Å². The number of likely N-dealkylation sites (tertiary alicyclic amines) is 1. The monoisotopic (exact) mass is 394 g/mol. The fraction of sp³-hybridized carbons (Fsp3) is 0.375. The zero-order valence-electron chi connectivity index (χ0n) is 17.5. The lowest BCUT2D eigenvalue weighted by Crippen LogP contribution is -2.29. The molecule has 2 aromatic rings. The van der Waals surface area contributed by atoms with Crippen molar-refractivity contribution in [3.05, 3.63) is 59.2 Å². The molecule has 0 radical (unpaired) electrons. The predicted octanol–water partition coefficient (Wildman–Crippen LogP) is 4.35. The number of benzene rings is 2. The molecule has 0 saturated carbocycles. The molecule has 1 aliphatic rings. The van der Waals surface area contributed by atoms with Crippen molar-refractivity contribution in [2.45, 2.75) is 25.8 Å². The summed E-state index contributed by atoms with van der Waals surface area (Å²) in [6.07, 6.45) is 6.86. The topological polar surface area (TPSA) is 53.0 Å². The number of hydrogen-bond donors (Lipinski definition) is 1. The number of hydrogen-bond acceptors (Lipinski definition) is 5. The first-order valence-corrected chi connectivity index (χ1v) is 10.1. The van der Waals surface area contributed by atoms with Crippen molar-refractivity contribution in [3.8, 4) is 11.5 Å². The Bertz CT molecular complexity index is 866. The Balaban J connectivity index is 1.79. The molecule has 0 atom stereocenters. The Labute approximate surface area is 173 Å². The summed E-state index contributed by atoms with van der Waals surface area (Å²) in [6, 6.07) is 11.3. The van der Waals surface area contributed by atoms with E-state index in [9.17, 15) is 9.90 Å². The average molecular weight is 395 g/mol. The predicted molar refractivity (Wildman–Crippen MR) is 118 cm³/mol. The van der Waals surface area contributed by atoms with Crippen LogP contribution in [0, 0.1) is 0 Å². The van der Waals surface area contributed by atoms with E-state index in [-0.39, 0.29) is 11.5 Å². The second kappa shape index (κ2) is 9.61. The summed E-state index contributed by atoms with van der Waals surface area (Å²) >= 11 is 0. The highest BCUT2D eigenvalue weighted by Gasteiger charge is 2.20. The number of aromatic hydroxyl groups is 1. The molecule has 0 unspecified atom stereocenters. The molecule has 3 rings (SSSR count). The number of anilines is 1. The van der Waals surface area contributed by atoms with E-state index in [1.165, 1.54) is 12.5 Å². The number of allylic oxidation sites excluding steroid dienone is 1. The third-order valence-electron chi connectivity index (χ3n) is 5.39. The quantitative estimate of drug-likeness (QED) is 0.559. The number of methoxy groups -OCH3 is 1. The van der Waals surface area contributed by atoms with Crippen LogP contribution in [-0.4, -0.2) is 50.1 Å². The summed E-state index contributed by atoms with van der Waals surface area (Å²) in [5.41, 5.74) is 3.03. The van der Waals surface area contributed by atoms with Crippen LogP contribution in [0.4, 0.5) is 5.69 Å². The van der Waals surface area contributed by atoms with Gasteiger partial charge in [0.25, 0.3) is 0 Å². The van der Waals surface area contributed by atoms with Gasteiger partial charge in [0.1, 0.15) is 11.5 Å². The molecule has 0 aromatic heterocycles. The standard InChI is InChI=1S/C24H30N2O3/c1-25(2)19-10-7-18(8-11-19)9-13-22(27)20-12-14-23(29-3)21(24(20)28)17-26-15-5-4-6-16-26/h7-14,28H,4-6,15-17H2,1-3H3/b13-9+. The number of nitrogens with zero attached hydrogens (tertiary/aromatic N) is 2. The van der Waals surface area contributed by atoms with Crippen LogP contribution in [0.2, 0.25) is 0 Å². The smallest absolute Gasteiger partial charge is 0.189 e. The van der Waals surface area contributed by atoms with Gasteiger partial charge in [-0.15, -0.1) is 0 Å². The van der Waals surface area contributed by atoms with E-state index in [0.29, 0.717) is 23.4 Å². The highest BCUT2D eigenvalue weighted by atomic mass is 16.5. The van der Waals surface area contributed by atoms with E-state index in [2.05, 4.69) is 4.90 Å². The highest BCUT2D eigenvalue weighted by Crippen LogP contribution is 2.33. The third-order valence-corrected chi connectivity index (χ3v) is 5.39. The second-order valence-electron chi connectivity index (χ2n) is 7.66. The van der Waals surface area contributed by atoms with Gasteiger partial charge in [0, 0.05) is 26.3 Å². The molecule has 0 amide bonds. The van der Waals surface area contributed by atoms with Crippen molar-refractivity contribution < 1.29 is 14.6 Å². The van der Waals surface area contributed by atoms with E-state index >= 15 is 0 Å². The maximum atomic E-state index is 12.7. The normalized spacial score (nSPS) is 14.9. The molecule has 1 heterocycles. The van der Waals surface area contributed by atoms with Crippen LogP contribution < -0.4 is 9.64 Å². The Hall–Kier alpha value is -2.79. The van der Waals surface area contributed by atoms with Gasteiger partial charge in [-0.25, -0.2) is 0 Å². The number of carbonyl (C=O) groups is 1. The van der Waals surface area contributed by atoms with Crippen molar-refractivity contribution in [2.75, 3.05) is 39.2 Å². The summed E-state index contributed by atoms with van der Waals surface area (Å²) in [7, 11) is 5.57. The molecule has 5 heteroatoms. The van der Waals surface area contributed by atoms with Gasteiger partial charge in [-0.3, -0.25) is 9.69 Å². The molecule has 1 aliphatic heterocycles. The van der Waals surface area contributed by atoms with Gasteiger partial charge in [-0.1, -0.05) is 24.6 Å². The number of phenols is 1. The molecule has 0 spiro atoms. The first kappa shape index (κ1) is 20.9. The van der Waals surface area contributed by atoms with E-state index in [1.54, 1.807) is 25.3 Å². The number of carbonyl (C=O) groups excluding carboxylic acids is 1. The lowest BCUT2D eigenvalue weighted by Gasteiger charge is -2.27. The van der Waals surface area contributed by atoms with Crippen molar-refractivity contribution >= 4 is 17.5 Å². The minimum Gasteiger partial charge on any atom is -0.507 e. The van der Waals surface area contributed by atoms with Crippen molar-refractivity contribution in [3.63, 3.8) is 0 Å². The van der Waals surface area contributed by atoms with Gasteiger partial charge in [0.15, 0.2) is 5.78 Å². The SMILES string of the molecule is COc1ccc(C(=O)/C=C/c2ccc(N(C)C)cc2)c(O)c1CN1CCCCC1. The second-order valence-corrected chi connectivity index (χ2v) is 7.66. The number of rotatable bonds is 7. The number of ether oxygens (including phenoxy) is 1. The maximum Gasteiger partial charge on any atom is 0.189 e. The fourth-order valence-electron chi connectivity index (χ4n) is 3.65. The first-order chi connectivity index (χ1) is 14.0. The number of phenolic OH excluding ortho intramolecular Hbond substituents is 1. The fourth-order valence-corrected chi connectivity index (χ4v) is 3.65. The largest absolute Gasteiger partial charge is 0.507 e. The van der Waals surface area contributed by atoms with Crippen LogP contribution in [0.3, 0.4) is 0 Å². The zero-order valence-corrected chi connectivity index (χ0v) is 17.5. The van der Waals surface area contributed by atoms with Crippen molar-refractivity contribution in [2.24, 2.45) is 0 Å². The van der Waals surface area contributed by atoms with E-state index < -0.39 is 0 Å². The molecular weight excluding hydrogens is 364 g/mol. The summed E-state index contributed by atoms with van der Waals surface area (Å²) in [4.78, 5) is 17.1. The summed E-state index contributed by atoms with van der Waals surface area (Å²) in [6.45, 7) is 2.60. The lowest BCUT2D eigenvalue weighted by atomic mass is 10.0. The number of ketones is 1.